The molecule has 6 nitrogen and oxygen atoms in total. The second-order valence-electron chi connectivity index (χ2n) is 6.46. The Morgan fingerprint density at radius 2 is 1.62 bits per heavy atom. The summed E-state index contributed by atoms with van der Waals surface area (Å²) in [6.07, 6.45) is -0.721. The number of carboxylic acids is 1. The minimum absolute atomic E-state index is 0.0428. The summed E-state index contributed by atoms with van der Waals surface area (Å²) in [5, 5.41) is 9.19. The molecule has 6 heteroatoms. The maximum absolute atomic E-state index is 12.4. The number of imide groups is 1. The van der Waals surface area contributed by atoms with Crippen molar-refractivity contribution in [2.45, 2.75) is 24.8 Å². The van der Waals surface area contributed by atoms with Crippen LogP contribution in [0.15, 0.2) is 48.5 Å². The van der Waals surface area contributed by atoms with Gasteiger partial charge in [0.05, 0.1) is 0 Å². The average Bonchev–Trinajstić information content (AvgIpc) is 3.18. The van der Waals surface area contributed by atoms with E-state index < -0.39 is 24.0 Å². The standard InChI is InChI=1S/C20H17NO5/c22-18-10-9-17(19(23)24)21(18)20(25)26-11-16-14-7-3-1-5-12(14)13-6-2-4-8-15(13)16/h1-8,16-17H,9-11H2,(H,23,24). The summed E-state index contributed by atoms with van der Waals surface area (Å²) in [7, 11) is 0. The fourth-order valence-electron chi connectivity index (χ4n) is 3.81. The van der Waals surface area contributed by atoms with Gasteiger partial charge < -0.3 is 9.84 Å². The van der Waals surface area contributed by atoms with Gasteiger partial charge in [-0.05, 0) is 28.7 Å². The molecule has 1 heterocycles. The third-order valence-electron chi connectivity index (χ3n) is 5.03. The molecule has 1 aliphatic heterocycles. The monoisotopic (exact) mass is 351 g/mol. The fourth-order valence-corrected chi connectivity index (χ4v) is 3.81. The summed E-state index contributed by atoms with van der Waals surface area (Å²) >= 11 is 0. The molecule has 0 spiro atoms. The van der Waals surface area contributed by atoms with E-state index >= 15 is 0 Å². The minimum Gasteiger partial charge on any atom is -0.480 e. The van der Waals surface area contributed by atoms with Crippen molar-refractivity contribution in [2.75, 3.05) is 6.61 Å². The van der Waals surface area contributed by atoms with Gasteiger partial charge in [0.15, 0.2) is 0 Å². The van der Waals surface area contributed by atoms with Gasteiger partial charge in [-0.3, -0.25) is 4.79 Å². The van der Waals surface area contributed by atoms with Crippen molar-refractivity contribution >= 4 is 18.0 Å². The van der Waals surface area contributed by atoms with Crippen molar-refractivity contribution in [2.24, 2.45) is 0 Å². The van der Waals surface area contributed by atoms with Crippen LogP contribution in [0.1, 0.15) is 29.9 Å². The molecule has 1 aliphatic carbocycles. The summed E-state index contributed by atoms with van der Waals surface area (Å²) in [4.78, 5) is 36.2. The van der Waals surface area contributed by atoms with Crippen molar-refractivity contribution in [3.05, 3.63) is 59.7 Å². The van der Waals surface area contributed by atoms with Crippen LogP contribution in [-0.2, 0) is 14.3 Å². The Bertz CT molecular complexity index is 861. The number of likely N-dealkylation sites (tertiary alicyclic amines) is 1. The van der Waals surface area contributed by atoms with Crippen molar-refractivity contribution in [1.82, 2.24) is 4.90 Å². The van der Waals surface area contributed by atoms with Crippen molar-refractivity contribution in [3.8, 4) is 11.1 Å². The molecule has 1 unspecified atom stereocenters. The van der Waals surface area contributed by atoms with Gasteiger partial charge in [-0.15, -0.1) is 0 Å². The maximum Gasteiger partial charge on any atom is 0.417 e. The zero-order chi connectivity index (χ0) is 18.3. The van der Waals surface area contributed by atoms with Gasteiger partial charge in [-0.1, -0.05) is 48.5 Å². The maximum atomic E-state index is 12.4. The van der Waals surface area contributed by atoms with E-state index in [-0.39, 0.29) is 25.4 Å². The normalized spacial score (nSPS) is 18.5. The minimum atomic E-state index is -1.19. The number of hydrogen-bond acceptors (Lipinski definition) is 4. The largest absolute Gasteiger partial charge is 0.480 e. The number of carbonyl (C=O) groups is 3. The molecule has 0 aromatic heterocycles. The molecule has 132 valence electrons. The Balaban J connectivity index is 1.56. The number of amides is 2. The van der Waals surface area contributed by atoms with Gasteiger partial charge >= 0.3 is 12.1 Å². The molecule has 4 rings (SSSR count). The van der Waals surface area contributed by atoms with Gasteiger partial charge in [-0.2, -0.15) is 0 Å². The number of aliphatic carboxylic acids is 1. The lowest BCUT2D eigenvalue weighted by Gasteiger charge is -2.21. The topological polar surface area (TPSA) is 83.9 Å². The van der Waals surface area contributed by atoms with E-state index in [1.54, 1.807) is 0 Å². The number of ether oxygens (including phenoxy) is 1. The van der Waals surface area contributed by atoms with Crippen LogP contribution in [-0.4, -0.2) is 40.6 Å². The Hall–Kier alpha value is -3.15. The molecule has 2 aromatic rings. The first-order valence-corrected chi connectivity index (χ1v) is 8.47. The molecule has 2 aromatic carbocycles. The predicted molar refractivity (Wildman–Crippen MR) is 92.6 cm³/mol. The first-order valence-electron chi connectivity index (χ1n) is 8.47. The van der Waals surface area contributed by atoms with Gasteiger partial charge in [0, 0.05) is 12.3 Å². The number of fused-ring (bicyclic) bond motifs is 3. The van der Waals surface area contributed by atoms with E-state index in [0.717, 1.165) is 27.2 Å². The summed E-state index contributed by atoms with van der Waals surface area (Å²) < 4.78 is 5.38. The van der Waals surface area contributed by atoms with Gasteiger partial charge in [0.25, 0.3) is 0 Å². The van der Waals surface area contributed by atoms with E-state index in [9.17, 15) is 19.5 Å². The number of carboxylic acid groups (broad SMARTS) is 1. The second kappa shape index (κ2) is 6.29. The van der Waals surface area contributed by atoms with Crippen molar-refractivity contribution in [1.29, 1.82) is 0 Å². The molecule has 0 radical (unpaired) electrons. The highest BCUT2D eigenvalue weighted by atomic mass is 16.6. The van der Waals surface area contributed by atoms with Crippen LogP contribution in [0.2, 0.25) is 0 Å². The molecule has 0 bridgehead atoms. The first kappa shape index (κ1) is 16.3. The van der Waals surface area contributed by atoms with Crippen LogP contribution in [0, 0.1) is 0 Å². The fraction of sp³-hybridized carbons (Fsp3) is 0.250. The van der Waals surface area contributed by atoms with Crippen LogP contribution < -0.4 is 0 Å². The van der Waals surface area contributed by atoms with Crippen LogP contribution in [0.4, 0.5) is 4.79 Å². The van der Waals surface area contributed by atoms with E-state index in [0.29, 0.717) is 0 Å². The summed E-state index contributed by atoms with van der Waals surface area (Å²) in [5.41, 5.74) is 4.32. The van der Waals surface area contributed by atoms with Crippen LogP contribution in [0.25, 0.3) is 11.1 Å². The third-order valence-corrected chi connectivity index (χ3v) is 5.03. The van der Waals surface area contributed by atoms with Crippen LogP contribution >= 0.6 is 0 Å². The Labute approximate surface area is 150 Å². The molecule has 1 N–H and O–H groups in total. The zero-order valence-electron chi connectivity index (χ0n) is 13.9. The number of carbonyl (C=O) groups excluding carboxylic acids is 2. The number of hydrogen-bond donors (Lipinski definition) is 1. The Morgan fingerprint density at radius 1 is 1.04 bits per heavy atom. The SMILES string of the molecule is O=C(O)C1CCC(=O)N1C(=O)OCC1c2ccccc2-c2ccccc21. The van der Waals surface area contributed by atoms with E-state index in [1.807, 2.05) is 48.5 Å². The smallest absolute Gasteiger partial charge is 0.417 e. The summed E-state index contributed by atoms with van der Waals surface area (Å²) in [6.45, 7) is 0.0585. The lowest BCUT2D eigenvalue weighted by Crippen LogP contribution is -2.43. The van der Waals surface area contributed by atoms with Gasteiger partial charge in [-0.25, -0.2) is 14.5 Å². The Morgan fingerprint density at radius 3 is 2.19 bits per heavy atom. The quantitative estimate of drug-likeness (QED) is 0.919. The third kappa shape index (κ3) is 2.54. The molecule has 2 amide bonds. The molecular weight excluding hydrogens is 334 g/mol. The highest BCUT2D eigenvalue weighted by Gasteiger charge is 2.42. The van der Waals surface area contributed by atoms with Crippen LogP contribution in [0.5, 0.6) is 0 Å². The molecule has 0 saturated carbocycles. The second-order valence-corrected chi connectivity index (χ2v) is 6.46. The highest BCUT2D eigenvalue weighted by molar-refractivity contribution is 5.99. The highest BCUT2D eigenvalue weighted by Crippen LogP contribution is 2.44. The van der Waals surface area contributed by atoms with E-state index in [1.165, 1.54) is 0 Å². The molecule has 1 atom stereocenters. The summed E-state index contributed by atoms with van der Waals surface area (Å²) in [5.74, 6) is -1.83. The van der Waals surface area contributed by atoms with Crippen LogP contribution in [0.3, 0.4) is 0 Å². The molecule has 1 saturated heterocycles. The number of benzene rings is 2. The number of rotatable bonds is 3. The van der Waals surface area contributed by atoms with E-state index in [4.69, 9.17) is 4.74 Å². The Kier molecular flexibility index (Phi) is 3.95. The molecule has 1 fully saturated rings. The van der Waals surface area contributed by atoms with Gasteiger partial charge in [0.2, 0.25) is 5.91 Å². The average molecular weight is 351 g/mol. The van der Waals surface area contributed by atoms with Gasteiger partial charge in [0.1, 0.15) is 12.6 Å². The van der Waals surface area contributed by atoms with E-state index in [2.05, 4.69) is 0 Å². The molecular formula is C20H17NO5. The lowest BCUT2D eigenvalue weighted by atomic mass is 9.98. The lowest BCUT2D eigenvalue weighted by molar-refractivity contribution is -0.145. The van der Waals surface area contributed by atoms with Crippen molar-refractivity contribution in [3.63, 3.8) is 0 Å². The van der Waals surface area contributed by atoms with Crippen molar-refractivity contribution < 1.29 is 24.2 Å². The zero-order valence-corrected chi connectivity index (χ0v) is 13.9. The molecule has 26 heavy (non-hydrogen) atoms. The summed E-state index contributed by atoms with van der Waals surface area (Å²) in [6, 6.07) is 14.7. The predicted octanol–water partition coefficient (Wildman–Crippen LogP) is 3.01. The molecule has 2 aliphatic rings. The first-order chi connectivity index (χ1) is 12.6. The number of nitrogens with zero attached hydrogens (tertiary/aromatic N) is 1.